The summed E-state index contributed by atoms with van der Waals surface area (Å²) in [5.74, 6) is 0.823. The summed E-state index contributed by atoms with van der Waals surface area (Å²) < 4.78 is 31.0. The Hall–Kier alpha value is -2.49. The van der Waals surface area contributed by atoms with Gasteiger partial charge in [0.2, 0.25) is 0 Å². The first kappa shape index (κ1) is 21.4. The van der Waals surface area contributed by atoms with Crippen LogP contribution in [0, 0.1) is 0 Å². The monoisotopic (exact) mass is 455 g/mol. The Bertz CT molecular complexity index is 1240. The van der Waals surface area contributed by atoms with Crippen molar-refractivity contribution in [1.82, 2.24) is 20.3 Å². The molecule has 5 rings (SSSR count). The molecule has 1 aliphatic carbocycles. The second kappa shape index (κ2) is 8.46. The van der Waals surface area contributed by atoms with Crippen molar-refractivity contribution < 1.29 is 13.2 Å². The zero-order chi connectivity index (χ0) is 22.3. The topological polar surface area (TPSA) is 100 Å². The summed E-state index contributed by atoms with van der Waals surface area (Å²) in [5, 5.41) is 2.95. The van der Waals surface area contributed by atoms with Crippen LogP contribution in [-0.4, -0.2) is 61.5 Å². The lowest BCUT2D eigenvalue weighted by molar-refractivity contribution is 0.0985. The van der Waals surface area contributed by atoms with Crippen LogP contribution in [0.3, 0.4) is 0 Å². The molecule has 2 fully saturated rings. The minimum absolute atomic E-state index is 0.0393. The molecule has 0 aromatic carbocycles. The fourth-order valence-electron chi connectivity index (χ4n) is 4.27. The normalized spacial score (nSPS) is 19.6. The Balaban J connectivity index is 1.56. The van der Waals surface area contributed by atoms with Crippen molar-refractivity contribution in [1.29, 1.82) is 0 Å². The molecule has 0 radical (unpaired) electrons. The van der Waals surface area contributed by atoms with Gasteiger partial charge in [-0.1, -0.05) is 0 Å². The summed E-state index contributed by atoms with van der Waals surface area (Å²) >= 11 is 0. The van der Waals surface area contributed by atoms with Gasteiger partial charge in [0.15, 0.2) is 9.84 Å². The average Bonchev–Trinajstić information content (AvgIpc) is 3.55. The zero-order valence-electron chi connectivity index (χ0n) is 18.5. The van der Waals surface area contributed by atoms with Crippen LogP contribution in [0.5, 0.6) is 0 Å². The second-order valence-corrected chi connectivity index (χ2v) is 11.1. The van der Waals surface area contributed by atoms with Gasteiger partial charge in [0, 0.05) is 18.8 Å². The molecule has 1 aliphatic heterocycles. The van der Waals surface area contributed by atoms with Gasteiger partial charge in [0.05, 0.1) is 52.7 Å². The van der Waals surface area contributed by atoms with Gasteiger partial charge < -0.3 is 19.9 Å². The van der Waals surface area contributed by atoms with E-state index in [9.17, 15) is 8.42 Å². The predicted molar refractivity (Wildman–Crippen MR) is 125 cm³/mol. The summed E-state index contributed by atoms with van der Waals surface area (Å²) in [4.78, 5) is 15.3. The second-order valence-electron chi connectivity index (χ2n) is 8.80. The third-order valence-electron chi connectivity index (χ3n) is 6.09. The van der Waals surface area contributed by atoms with Gasteiger partial charge in [-0.2, -0.15) is 0 Å². The van der Waals surface area contributed by atoms with Crippen LogP contribution >= 0.6 is 0 Å². The number of pyridine rings is 2. The number of aromatic nitrogens is 3. The first-order chi connectivity index (χ1) is 15.4. The van der Waals surface area contributed by atoms with Crippen LogP contribution in [0.25, 0.3) is 22.4 Å². The van der Waals surface area contributed by atoms with Gasteiger partial charge in [0.1, 0.15) is 5.82 Å². The van der Waals surface area contributed by atoms with Gasteiger partial charge in [0.25, 0.3) is 0 Å². The maximum Gasteiger partial charge on any atom is 0.157 e. The molecular weight excluding hydrogens is 426 g/mol. The lowest BCUT2D eigenvalue weighted by Gasteiger charge is -2.34. The number of fused-ring (bicyclic) bond motifs is 1. The van der Waals surface area contributed by atoms with Crippen molar-refractivity contribution in [2.24, 2.45) is 0 Å². The standard InChI is InChI=1S/C23H29N5O3S/c1-15-13-31-8-7-28(15)23-10-16(14-32(29,30)18-3-4-18)9-21(27-23)20-6-5-19-22(26-20)11-17(25-19)12-24-2/h5-6,9-11,15,18,24-25H,3-4,7-8,12-14H2,1-2H3/t15-/m0/s1. The number of morpholine rings is 1. The number of nitrogens with zero attached hydrogens (tertiary/aromatic N) is 3. The lowest BCUT2D eigenvalue weighted by Crippen LogP contribution is -2.44. The molecule has 3 aromatic rings. The first-order valence-electron chi connectivity index (χ1n) is 11.1. The third kappa shape index (κ3) is 4.37. The van der Waals surface area contributed by atoms with E-state index in [0.717, 1.165) is 59.7 Å². The van der Waals surface area contributed by atoms with Crippen molar-refractivity contribution in [2.75, 3.05) is 31.7 Å². The molecule has 2 aliphatic rings. The van der Waals surface area contributed by atoms with Crippen LogP contribution < -0.4 is 10.2 Å². The van der Waals surface area contributed by atoms with Crippen LogP contribution in [0.1, 0.15) is 31.0 Å². The summed E-state index contributed by atoms with van der Waals surface area (Å²) in [6.45, 7) is 4.82. The highest BCUT2D eigenvalue weighted by atomic mass is 32.2. The largest absolute Gasteiger partial charge is 0.377 e. The minimum atomic E-state index is -3.14. The third-order valence-corrected chi connectivity index (χ3v) is 8.32. The Morgan fingerprint density at radius 2 is 2.03 bits per heavy atom. The number of sulfone groups is 1. The molecule has 4 heterocycles. The molecule has 2 N–H and O–H groups in total. The van der Waals surface area contributed by atoms with Crippen molar-refractivity contribution in [3.05, 3.63) is 41.6 Å². The highest BCUT2D eigenvalue weighted by Gasteiger charge is 2.35. The molecule has 1 atom stereocenters. The summed E-state index contributed by atoms with van der Waals surface area (Å²) in [6.07, 6.45) is 1.54. The number of hydrogen-bond donors (Lipinski definition) is 2. The Morgan fingerprint density at radius 1 is 1.19 bits per heavy atom. The first-order valence-corrected chi connectivity index (χ1v) is 12.8. The van der Waals surface area contributed by atoms with Crippen LogP contribution in [0.15, 0.2) is 30.3 Å². The summed E-state index contributed by atoms with van der Waals surface area (Å²) in [5.41, 5.74) is 5.09. The molecule has 9 heteroatoms. The molecule has 1 saturated heterocycles. The maximum absolute atomic E-state index is 12.7. The minimum Gasteiger partial charge on any atom is -0.377 e. The zero-order valence-corrected chi connectivity index (χ0v) is 19.3. The smallest absolute Gasteiger partial charge is 0.157 e. The Kier molecular flexibility index (Phi) is 5.65. The molecule has 0 bridgehead atoms. The number of anilines is 1. The molecule has 1 saturated carbocycles. The van der Waals surface area contributed by atoms with E-state index in [1.807, 2.05) is 37.4 Å². The van der Waals surface area contributed by atoms with E-state index in [0.29, 0.717) is 18.9 Å². The van der Waals surface area contributed by atoms with Gasteiger partial charge in [-0.05, 0) is 62.7 Å². The SMILES string of the molecule is CNCc1cc2nc(-c3cc(CS(=O)(=O)C4CC4)cc(N4CCOC[C@@H]4C)n3)ccc2[nH]1. The number of hydrogen-bond acceptors (Lipinski definition) is 7. The fraction of sp³-hybridized carbons (Fsp3) is 0.478. The number of ether oxygens (including phenoxy) is 1. The molecule has 3 aromatic heterocycles. The van der Waals surface area contributed by atoms with E-state index in [-0.39, 0.29) is 17.0 Å². The highest BCUT2D eigenvalue weighted by molar-refractivity contribution is 7.91. The molecule has 8 nitrogen and oxygen atoms in total. The van der Waals surface area contributed by atoms with E-state index in [1.165, 1.54) is 0 Å². The van der Waals surface area contributed by atoms with Crippen molar-refractivity contribution >= 4 is 26.7 Å². The van der Waals surface area contributed by atoms with Crippen molar-refractivity contribution in [3.63, 3.8) is 0 Å². The lowest BCUT2D eigenvalue weighted by atomic mass is 10.1. The van der Waals surface area contributed by atoms with Gasteiger partial charge in [-0.25, -0.2) is 18.4 Å². The number of aromatic amines is 1. The number of rotatable bonds is 7. The van der Waals surface area contributed by atoms with Crippen LogP contribution in [0.2, 0.25) is 0 Å². The molecule has 0 spiro atoms. The van der Waals surface area contributed by atoms with Gasteiger partial charge >= 0.3 is 0 Å². The number of nitrogens with one attached hydrogen (secondary N) is 2. The van der Waals surface area contributed by atoms with E-state index >= 15 is 0 Å². The summed E-state index contributed by atoms with van der Waals surface area (Å²) in [6, 6.07) is 9.94. The Morgan fingerprint density at radius 3 is 2.78 bits per heavy atom. The quantitative estimate of drug-likeness (QED) is 0.565. The van der Waals surface area contributed by atoms with Gasteiger partial charge in [-0.3, -0.25) is 0 Å². The average molecular weight is 456 g/mol. The van der Waals surface area contributed by atoms with E-state index in [4.69, 9.17) is 14.7 Å². The van der Waals surface area contributed by atoms with Crippen LogP contribution in [0.4, 0.5) is 5.82 Å². The number of H-pyrrole nitrogens is 1. The molecule has 0 amide bonds. The fourth-order valence-corrected chi connectivity index (χ4v) is 5.99. The highest BCUT2D eigenvalue weighted by Crippen LogP contribution is 2.33. The van der Waals surface area contributed by atoms with E-state index in [2.05, 4.69) is 22.1 Å². The Labute approximate surface area is 188 Å². The van der Waals surface area contributed by atoms with E-state index < -0.39 is 9.84 Å². The van der Waals surface area contributed by atoms with Crippen molar-refractivity contribution in [3.8, 4) is 11.4 Å². The predicted octanol–water partition coefficient (Wildman–Crippen LogP) is 2.65. The molecule has 0 unspecified atom stereocenters. The molecular formula is C23H29N5O3S. The van der Waals surface area contributed by atoms with E-state index in [1.54, 1.807) is 0 Å². The van der Waals surface area contributed by atoms with Crippen molar-refractivity contribution in [2.45, 2.75) is 43.4 Å². The summed E-state index contributed by atoms with van der Waals surface area (Å²) in [7, 11) is -1.23. The van der Waals surface area contributed by atoms with Crippen LogP contribution in [-0.2, 0) is 26.9 Å². The van der Waals surface area contributed by atoms with Gasteiger partial charge in [-0.15, -0.1) is 0 Å². The molecule has 170 valence electrons. The molecule has 32 heavy (non-hydrogen) atoms. The maximum atomic E-state index is 12.7.